The van der Waals surface area contributed by atoms with Gasteiger partial charge in [0, 0.05) is 109 Å². The quantitative estimate of drug-likeness (QED) is 0.0205. The zero-order valence-corrected chi connectivity index (χ0v) is 71.7. The van der Waals surface area contributed by atoms with Gasteiger partial charge >= 0.3 is 12.1 Å². The van der Waals surface area contributed by atoms with Gasteiger partial charge in [-0.2, -0.15) is 0 Å². The molecule has 3 heterocycles. The number of nitrogens with one attached hydrogen (secondary N) is 2. The summed E-state index contributed by atoms with van der Waals surface area (Å²) in [5, 5.41) is 7.24. The molecule has 0 radical (unpaired) electrons. The molecule has 1 aliphatic carbocycles. The molecule has 3 aromatic carbocycles. The summed E-state index contributed by atoms with van der Waals surface area (Å²) in [6.45, 7) is 16.3. The number of likely N-dealkylation sites (N-methyl/N-ethyl adjacent to an activating group) is 2. The first kappa shape index (κ1) is 95.1. The fourth-order valence-corrected chi connectivity index (χ4v) is 17.6. The van der Waals surface area contributed by atoms with Gasteiger partial charge in [-0.05, 0) is 122 Å². The summed E-state index contributed by atoms with van der Waals surface area (Å²) >= 11 is 1.31. The second-order valence-electron chi connectivity index (χ2n) is 33.4. The molecule has 4 fully saturated rings. The molecule has 0 aromatic heterocycles. The minimum Gasteiger partial charge on any atom is -0.497 e. The number of Topliss-reactive ketones (excluding diaryl/α,β-unsaturated/α-hetero) is 4. The van der Waals surface area contributed by atoms with Crippen LogP contribution in [0.4, 0.5) is 4.79 Å². The Morgan fingerprint density at radius 3 is 1.96 bits per heavy atom. The van der Waals surface area contributed by atoms with E-state index in [-0.39, 0.29) is 168 Å². The van der Waals surface area contributed by atoms with Crippen molar-refractivity contribution in [3.8, 4) is 5.75 Å². The lowest BCUT2D eigenvalue weighted by Gasteiger charge is -2.41. The number of likely N-dealkylation sites (tertiary alicyclic amines) is 2. The summed E-state index contributed by atoms with van der Waals surface area (Å²) < 4.78 is 29.3. The lowest BCUT2D eigenvalue weighted by atomic mass is 9.83. The van der Waals surface area contributed by atoms with Gasteiger partial charge in [-0.3, -0.25) is 72.1 Å². The van der Waals surface area contributed by atoms with Crippen LogP contribution in [0.2, 0.25) is 0 Å². The minimum absolute atomic E-state index is 0.000915. The maximum absolute atomic E-state index is 15.2. The van der Waals surface area contributed by atoms with Gasteiger partial charge in [0.1, 0.15) is 24.2 Å². The molecule has 29 nitrogen and oxygen atoms in total. The van der Waals surface area contributed by atoms with Crippen molar-refractivity contribution in [3.05, 3.63) is 77.4 Å². The zero-order chi connectivity index (χ0) is 86.3. The molecule has 4 N–H and O–H groups in total. The fourth-order valence-electron chi connectivity index (χ4n) is 16.1. The van der Waals surface area contributed by atoms with E-state index in [0.29, 0.717) is 84.6 Å². The number of amides is 9. The molecule has 117 heavy (non-hydrogen) atoms. The minimum atomic E-state index is -1.07. The molecule has 12 atom stereocenters. The molecule has 7 rings (SSSR count). The highest BCUT2D eigenvalue weighted by Crippen LogP contribution is 2.52. The summed E-state index contributed by atoms with van der Waals surface area (Å²) in [6.07, 6.45) is 0.103. The second-order valence-corrected chi connectivity index (χ2v) is 34.6. The van der Waals surface area contributed by atoms with Crippen LogP contribution in [0.5, 0.6) is 5.75 Å². The van der Waals surface area contributed by atoms with Crippen LogP contribution < -0.4 is 21.1 Å². The molecule has 3 saturated heterocycles. The summed E-state index contributed by atoms with van der Waals surface area (Å²) in [7, 11) is 9.81. The van der Waals surface area contributed by atoms with Crippen LogP contribution >= 0.6 is 11.8 Å². The molecule has 4 aliphatic rings. The number of ketones is 4. The normalized spacial score (nSPS) is 18.9. The van der Waals surface area contributed by atoms with Crippen LogP contribution in [0.1, 0.15) is 206 Å². The molecular weight excluding hydrogens is 1530 g/mol. The number of benzene rings is 3. The first-order valence-electron chi connectivity index (χ1n) is 41.2. The molecule has 3 aliphatic heterocycles. The van der Waals surface area contributed by atoms with E-state index in [1.165, 1.54) is 35.8 Å². The fraction of sp³-hybridized carbons (Fsp3) is 0.644. The number of hydrogen-bond acceptors (Lipinski definition) is 23. The van der Waals surface area contributed by atoms with Gasteiger partial charge in [0.25, 0.3) is 11.8 Å². The molecule has 1 unspecified atom stereocenters. The predicted molar refractivity (Wildman–Crippen MR) is 437 cm³/mol. The van der Waals surface area contributed by atoms with E-state index in [9.17, 15) is 67.1 Å². The Kier molecular flexibility index (Phi) is 36.3. The van der Waals surface area contributed by atoms with Gasteiger partial charge < -0.3 is 54.7 Å². The van der Waals surface area contributed by atoms with Crippen molar-refractivity contribution in [2.75, 3.05) is 67.9 Å². The first-order valence-corrected chi connectivity index (χ1v) is 42.2. The molecule has 30 heteroatoms. The molecular formula is C87H124N8O21S. The number of nitrogens with two attached hydrogens (primary N) is 1. The first-order chi connectivity index (χ1) is 55.4. The lowest BCUT2D eigenvalue weighted by molar-refractivity contribution is -0.198. The number of rotatable bonds is 50. The smallest absolute Gasteiger partial charge is 0.497 e. The van der Waals surface area contributed by atoms with E-state index in [0.717, 1.165) is 10.8 Å². The number of nitrogens with zero attached hydrogens (tertiary/aromatic N) is 5. The average Bonchev–Trinajstić information content (AvgIpc) is 1.69. The molecule has 3 aromatic rings. The molecule has 0 spiro atoms. The third kappa shape index (κ3) is 27.0. The van der Waals surface area contributed by atoms with E-state index in [2.05, 4.69) is 10.6 Å². The Bertz CT molecular complexity index is 4010. The number of primary amides is 1. The van der Waals surface area contributed by atoms with Gasteiger partial charge in [0.05, 0.1) is 80.6 Å². The zero-order valence-electron chi connectivity index (χ0n) is 70.9. The molecule has 9 amide bonds. The third-order valence-corrected chi connectivity index (χ3v) is 25.0. The van der Waals surface area contributed by atoms with Gasteiger partial charge in [-0.1, -0.05) is 124 Å². The molecule has 644 valence electrons. The number of methoxy groups -OCH3 is 3. The van der Waals surface area contributed by atoms with Crippen molar-refractivity contribution >= 4 is 111 Å². The van der Waals surface area contributed by atoms with Crippen molar-refractivity contribution in [2.45, 2.75) is 245 Å². The second kappa shape index (κ2) is 44.7. The standard InChI is InChI=1S/C87H124N8O21S/c1-16-54(8)80(92(12)84(108)65(52(4)5)43-69(98)79(53(6)7)91(10)11)71(112-14)44-76(103)94-48-63(42-67(94)81(113-15)55(9)82(106)89-47-70(99)60-30-29-59-40-62(111-13)32-31-58(59)39-60)115-86(110)114-49-57-27-25-56(26-28-57)38-68(97)66(23-19-20-24-73(88)100)90-83(107)64(51(2)3)41-61(96)22-18-17-21-37-93-77(104)45-72(85(93)109)117-50-87(35-36-87)46-78(105)116-95-74(101)33-34-75(95)102/h25-32,39-40,51-55,63-67,71-72,79-81H,16-24,33-38,41-50H2,1-15H3,(H2,88,100)(H,89,106)(H,90,107)/t54-,55+,63-,64-,65-,66-,67-,71+,72?,79-,80-,81+/m0/s1. The SMILES string of the molecule is CC[C@H](C)[C@@H]([C@@H](CC(=O)N1C[C@@H](OC(=O)OCc2ccc(CC(=O)[C@H](CCCCC(N)=O)NC(=O)[C@@H](CC(=O)CCCCCN3C(=O)CC(SCC4(CC(=O)ON5C(=O)CCC5=O)CC4)C3=O)C(C)C)cc2)C[C@H]1[C@H](OC)[C@@H](C)C(=O)NCC(=O)c1ccc2cc(OC)ccc2c1)OC)N(C)C(=O)[C@@H](CC(=O)[C@H](C(C)C)N(C)C)C(C)C. The number of carbonyl (C=O) groups excluding carboxylic acids is 15. The number of imide groups is 2. The predicted octanol–water partition coefficient (Wildman–Crippen LogP) is 9.29. The van der Waals surface area contributed by atoms with Crippen LogP contribution in [0, 0.1) is 46.8 Å². The highest BCUT2D eigenvalue weighted by molar-refractivity contribution is 8.00. The van der Waals surface area contributed by atoms with E-state index >= 15 is 4.79 Å². The number of carbonyl (C=O) groups is 15. The topological polar surface area (TPSA) is 378 Å². The number of unbranched alkanes of at least 4 members (excludes halogenated alkanes) is 3. The van der Waals surface area contributed by atoms with Crippen LogP contribution in [-0.4, -0.2) is 229 Å². The Balaban J connectivity index is 0.953. The number of hydroxylamine groups is 2. The number of hydrogen-bond donors (Lipinski definition) is 3. The highest BCUT2D eigenvalue weighted by Gasteiger charge is 2.50. The average molecular weight is 1650 g/mol. The van der Waals surface area contributed by atoms with E-state index in [1.807, 2.05) is 86.5 Å². The number of thioether (sulfide) groups is 1. The van der Waals surface area contributed by atoms with Crippen molar-refractivity contribution in [3.63, 3.8) is 0 Å². The highest BCUT2D eigenvalue weighted by atomic mass is 32.2. The molecule has 1 saturated carbocycles. The van der Waals surface area contributed by atoms with E-state index in [1.54, 1.807) is 74.5 Å². The third-order valence-electron chi connectivity index (χ3n) is 23.4. The Morgan fingerprint density at radius 1 is 0.701 bits per heavy atom. The Hall–Kier alpha value is -9.00. The maximum Gasteiger partial charge on any atom is 0.508 e. The van der Waals surface area contributed by atoms with Gasteiger partial charge in [0.15, 0.2) is 17.3 Å². The van der Waals surface area contributed by atoms with Crippen molar-refractivity contribution in [2.24, 2.45) is 52.6 Å². The van der Waals surface area contributed by atoms with Crippen LogP contribution in [-0.2, 0) is 99.1 Å². The van der Waals surface area contributed by atoms with Gasteiger partial charge in [-0.25, -0.2) is 9.59 Å². The van der Waals surface area contributed by atoms with Gasteiger partial charge in [0.2, 0.25) is 41.4 Å². The van der Waals surface area contributed by atoms with Crippen LogP contribution in [0.3, 0.4) is 0 Å². The summed E-state index contributed by atoms with van der Waals surface area (Å²) in [5.74, 6) is -7.67. The summed E-state index contributed by atoms with van der Waals surface area (Å²) in [6, 6.07) is 14.4. The maximum atomic E-state index is 15.2. The van der Waals surface area contributed by atoms with E-state index in [4.69, 9.17) is 34.3 Å². The molecule has 0 bridgehead atoms. The van der Waals surface area contributed by atoms with Crippen LogP contribution in [0.25, 0.3) is 10.8 Å². The lowest BCUT2D eigenvalue weighted by Crippen LogP contribution is -2.54. The Morgan fingerprint density at radius 2 is 1.35 bits per heavy atom. The van der Waals surface area contributed by atoms with Crippen molar-refractivity contribution in [1.29, 1.82) is 0 Å². The van der Waals surface area contributed by atoms with E-state index < -0.39 is 118 Å². The Labute approximate surface area is 691 Å². The largest absolute Gasteiger partial charge is 0.508 e. The summed E-state index contributed by atoms with van der Waals surface area (Å²) in [4.78, 5) is 213. The summed E-state index contributed by atoms with van der Waals surface area (Å²) in [5.41, 5.74) is 6.45. The number of ether oxygens (including phenoxy) is 5. The van der Waals surface area contributed by atoms with Gasteiger partial charge in [-0.15, -0.1) is 16.8 Å². The van der Waals surface area contributed by atoms with Crippen molar-refractivity contribution in [1.82, 2.24) is 35.3 Å². The number of fused-ring (bicyclic) bond motifs is 1. The monoisotopic (exact) mass is 1650 g/mol. The van der Waals surface area contributed by atoms with Crippen molar-refractivity contribution < 1.29 is 100 Å². The van der Waals surface area contributed by atoms with Crippen LogP contribution in [0.15, 0.2) is 60.7 Å².